The zero-order valence-corrected chi connectivity index (χ0v) is 6.15. The summed E-state index contributed by atoms with van der Waals surface area (Å²) in [5.41, 5.74) is 0. The van der Waals surface area contributed by atoms with E-state index in [1.807, 2.05) is 21.6 Å². The molecule has 1 fully saturated rings. The molecule has 0 aromatic rings. The molecule has 1 saturated heterocycles. The highest BCUT2D eigenvalue weighted by Gasteiger charge is 2.07. The molecule has 1 unspecified atom stereocenters. The lowest BCUT2D eigenvalue weighted by atomic mass is 10.2. The molecule has 0 aromatic heterocycles. The Hall–Kier alpha value is 0.700. The average Bonchev–Trinajstić information content (AvgIpc) is 1.69. The van der Waals surface area contributed by atoms with E-state index in [9.17, 15) is 0 Å². The van der Waals surface area contributed by atoms with Gasteiger partial charge in [-0.15, -0.1) is 0 Å². The molecule has 7 heavy (non-hydrogen) atoms. The average molecular weight is 134 g/mol. The fraction of sp³-hybridized carbons (Fsp3) is 1.00. The van der Waals surface area contributed by atoms with Crippen LogP contribution in [0.1, 0.15) is 13.3 Å². The minimum Gasteiger partial charge on any atom is -0.0941 e. The molecule has 0 radical (unpaired) electrons. The van der Waals surface area contributed by atoms with E-state index < -0.39 is 0 Å². The quantitative estimate of drug-likeness (QED) is 0.467. The van der Waals surface area contributed by atoms with Crippen LogP contribution < -0.4 is 0 Å². The lowest BCUT2D eigenvalue weighted by molar-refractivity contribution is 0.641. The zero-order chi connectivity index (χ0) is 5.11. The molecule has 1 aliphatic rings. The highest BCUT2D eigenvalue weighted by molar-refractivity contribution is 8.76. The molecule has 0 amide bonds. The largest absolute Gasteiger partial charge is 0.0941 e. The van der Waals surface area contributed by atoms with Crippen LogP contribution in [-0.2, 0) is 0 Å². The summed E-state index contributed by atoms with van der Waals surface area (Å²) in [6.07, 6.45) is 1.43. The molecule has 0 nitrogen and oxygen atoms in total. The molecule has 1 atom stereocenters. The van der Waals surface area contributed by atoms with Gasteiger partial charge in [0, 0.05) is 11.5 Å². The van der Waals surface area contributed by atoms with E-state index in [0.29, 0.717) is 0 Å². The molecule has 0 aromatic carbocycles. The minimum absolute atomic E-state index is 0.978. The van der Waals surface area contributed by atoms with Crippen LogP contribution in [0.5, 0.6) is 0 Å². The Morgan fingerprint density at radius 1 is 1.43 bits per heavy atom. The molecule has 42 valence electrons. The summed E-state index contributed by atoms with van der Waals surface area (Å²) in [6, 6.07) is 0. The molecular formula is C5H10S2. The van der Waals surface area contributed by atoms with Gasteiger partial charge in [0.2, 0.25) is 0 Å². The van der Waals surface area contributed by atoms with Gasteiger partial charge < -0.3 is 0 Å². The van der Waals surface area contributed by atoms with Crippen molar-refractivity contribution in [2.45, 2.75) is 13.3 Å². The second-order valence-corrected chi connectivity index (χ2v) is 4.63. The maximum Gasteiger partial charge on any atom is 0.00629 e. The Balaban J connectivity index is 2.12. The predicted molar refractivity (Wildman–Crippen MR) is 38.7 cm³/mol. The third-order valence-corrected chi connectivity index (χ3v) is 3.81. The fourth-order valence-electron chi connectivity index (χ4n) is 0.556. The van der Waals surface area contributed by atoms with E-state index in [1.54, 1.807) is 0 Å². The fourth-order valence-corrected chi connectivity index (χ4v) is 3.30. The van der Waals surface area contributed by atoms with Gasteiger partial charge in [-0.1, -0.05) is 28.5 Å². The molecule has 2 heteroatoms. The van der Waals surface area contributed by atoms with E-state index in [1.165, 1.54) is 17.9 Å². The Bertz CT molecular complexity index is 48.0. The first-order valence-electron chi connectivity index (χ1n) is 2.64. The third-order valence-electron chi connectivity index (χ3n) is 1.13. The summed E-state index contributed by atoms with van der Waals surface area (Å²) in [4.78, 5) is 0. The van der Waals surface area contributed by atoms with Gasteiger partial charge in [-0.25, -0.2) is 0 Å². The molecule has 0 N–H and O–H groups in total. The molecule has 0 aliphatic carbocycles. The lowest BCUT2D eigenvalue weighted by Crippen LogP contribution is -2.02. The predicted octanol–water partition coefficient (Wildman–Crippen LogP) is 2.41. The van der Waals surface area contributed by atoms with E-state index in [-0.39, 0.29) is 0 Å². The monoisotopic (exact) mass is 134 g/mol. The summed E-state index contributed by atoms with van der Waals surface area (Å²) < 4.78 is 0. The van der Waals surface area contributed by atoms with Gasteiger partial charge in [-0.05, 0) is 12.3 Å². The van der Waals surface area contributed by atoms with Gasteiger partial charge in [0.05, 0.1) is 0 Å². The number of hydrogen-bond acceptors (Lipinski definition) is 2. The van der Waals surface area contributed by atoms with E-state index in [0.717, 1.165) is 5.92 Å². The van der Waals surface area contributed by atoms with Crippen molar-refractivity contribution in [2.24, 2.45) is 5.92 Å². The Morgan fingerprint density at radius 2 is 2.29 bits per heavy atom. The zero-order valence-electron chi connectivity index (χ0n) is 4.52. The van der Waals surface area contributed by atoms with Gasteiger partial charge >= 0.3 is 0 Å². The van der Waals surface area contributed by atoms with Crippen molar-refractivity contribution < 1.29 is 0 Å². The molecule has 1 rings (SSSR count). The van der Waals surface area contributed by atoms with Crippen molar-refractivity contribution in [3.63, 3.8) is 0 Å². The molecule has 0 bridgehead atoms. The lowest BCUT2D eigenvalue weighted by Gasteiger charge is -2.14. The molecular weight excluding hydrogens is 124 g/mol. The highest BCUT2D eigenvalue weighted by Crippen LogP contribution is 2.31. The van der Waals surface area contributed by atoms with Gasteiger partial charge in [0.25, 0.3) is 0 Å². The smallest absolute Gasteiger partial charge is 0.00629 e. The van der Waals surface area contributed by atoms with Crippen molar-refractivity contribution in [1.82, 2.24) is 0 Å². The van der Waals surface area contributed by atoms with Crippen LogP contribution in [0, 0.1) is 5.92 Å². The highest BCUT2D eigenvalue weighted by atomic mass is 33.1. The maximum absolute atomic E-state index is 2.33. The number of rotatable bonds is 0. The van der Waals surface area contributed by atoms with Crippen molar-refractivity contribution in [2.75, 3.05) is 11.5 Å². The van der Waals surface area contributed by atoms with Gasteiger partial charge in [0.1, 0.15) is 0 Å². The Kier molecular flexibility index (Phi) is 2.40. The van der Waals surface area contributed by atoms with Crippen molar-refractivity contribution in [3.05, 3.63) is 0 Å². The summed E-state index contributed by atoms with van der Waals surface area (Å²) >= 11 is 0. The van der Waals surface area contributed by atoms with Crippen molar-refractivity contribution >= 4 is 21.6 Å². The van der Waals surface area contributed by atoms with E-state index in [2.05, 4.69) is 6.92 Å². The van der Waals surface area contributed by atoms with E-state index in [4.69, 9.17) is 0 Å². The molecule has 1 heterocycles. The van der Waals surface area contributed by atoms with Crippen molar-refractivity contribution in [1.29, 1.82) is 0 Å². The van der Waals surface area contributed by atoms with Crippen LogP contribution >= 0.6 is 21.6 Å². The van der Waals surface area contributed by atoms with Crippen LogP contribution in [0.3, 0.4) is 0 Å². The van der Waals surface area contributed by atoms with Crippen LogP contribution in [-0.4, -0.2) is 11.5 Å². The first-order valence-corrected chi connectivity index (χ1v) is 5.13. The topological polar surface area (TPSA) is 0 Å². The van der Waals surface area contributed by atoms with Crippen LogP contribution in [0.25, 0.3) is 0 Å². The maximum atomic E-state index is 2.33. The summed E-state index contributed by atoms with van der Waals surface area (Å²) in [5, 5.41) is 0. The number of hydrogen-bond donors (Lipinski definition) is 0. The summed E-state index contributed by atoms with van der Waals surface area (Å²) in [7, 11) is 4.04. The second kappa shape index (κ2) is 2.88. The van der Waals surface area contributed by atoms with E-state index >= 15 is 0 Å². The van der Waals surface area contributed by atoms with Crippen LogP contribution in [0.15, 0.2) is 0 Å². The van der Waals surface area contributed by atoms with Crippen molar-refractivity contribution in [3.8, 4) is 0 Å². The standard InChI is InChI=1S/C5H10S2/c1-5-2-3-6-7-4-5/h5H,2-4H2,1H3. The van der Waals surface area contributed by atoms with Gasteiger partial charge in [-0.3, -0.25) is 0 Å². The molecule has 1 aliphatic heterocycles. The molecule has 0 saturated carbocycles. The van der Waals surface area contributed by atoms with Gasteiger partial charge in [-0.2, -0.15) is 0 Å². The first kappa shape index (κ1) is 5.83. The first-order chi connectivity index (χ1) is 3.39. The summed E-state index contributed by atoms with van der Waals surface area (Å²) in [6.45, 7) is 2.33. The van der Waals surface area contributed by atoms with Crippen LogP contribution in [0.2, 0.25) is 0 Å². The Labute approximate surface area is 52.8 Å². The Morgan fingerprint density at radius 3 is 2.57 bits per heavy atom. The normalized spacial score (nSPS) is 33.0. The summed E-state index contributed by atoms with van der Waals surface area (Å²) in [5.74, 6) is 3.71. The molecule has 0 spiro atoms. The second-order valence-electron chi connectivity index (χ2n) is 2.00. The van der Waals surface area contributed by atoms with Crippen LogP contribution in [0.4, 0.5) is 0 Å². The SMILES string of the molecule is CC1CCSSC1. The third kappa shape index (κ3) is 1.96. The van der Waals surface area contributed by atoms with Gasteiger partial charge in [0.15, 0.2) is 0 Å². The minimum atomic E-state index is 0.978.